The first-order chi connectivity index (χ1) is 8.56. The monoisotopic (exact) mass is 278 g/mol. The molecule has 0 aliphatic heterocycles. The van der Waals surface area contributed by atoms with Crippen molar-refractivity contribution >= 4 is 23.2 Å². The van der Waals surface area contributed by atoms with Crippen molar-refractivity contribution in [2.24, 2.45) is 0 Å². The van der Waals surface area contributed by atoms with Crippen LogP contribution in [-0.2, 0) is 6.42 Å². The Hall–Kier alpha value is -0.980. The molecule has 2 rings (SSSR count). The summed E-state index contributed by atoms with van der Waals surface area (Å²) in [5.74, 6) is 0. The molecule has 0 bridgehead atoms. The molecule has 0 N–H and O–H groups in total. The molecule has 0 spiro atoms. The number of hydrogen-bond acceptors (Lipinski definition) is 0. The molecule has 0 saturated carbocycles. The zero-order valence-electron chi connectivity index (χ0n) is 10.6. The van der Waals surface area contributed by atoms with E-state index in [9.17, 15) is 0 Å². The summed E-state index contributed by atoms with van der Waals surface area (Å²) in [4.78, 5) is 0. The minimum absolute atomic E-state index is 0.0378. The van der Waals surface area contributed by atoms with Crippen LogP contribution in [0.3, 0.4) is 0 Å². The van der Waals surface area contributed by atoms with Crippen molar-refractivity contribution in [2.45, 2.75) is 25.6 Å². The fraction of sp³-hybridized carbons (Fsp3) is 0.250. The molecule has 0 aliphatic carbocycles. The second-order valence-electron chi connectivity index (χ2n) is 4.66. The van der Waals surface area contributed by atoms with Gasteiger partial charge < -0.3 is 0 Å². The Morgan fingerprint density at radius 3 is 2.56 bits per heavy atom. The summed E-state index contributed by atoms with van der Waals surface area (Å²) in [5.41, 5.74) is 4.93. The van der Waals surface area contributed by atoms with E-state index in [2.05, 4.69) is 32.0 Å². The number of rotatable bonds is 3. The highest BCUT2D eigenvalue weighted by molar-refractivity contribution is 6.30. The predicted octanol–water partition coefficient (Wildman–Crippen LogP) is 5.48. The van der Waals surface area contributed by atoms with Gasteiger partial charge >= 0.3 is 0 Å². The minimum atomic E-state index is -0.0378. The lowest BCUT2D eigenvalue weighted by Crippen LogP contribution is -1.98. The fourth-order valence-electron chi connectivity index (χ4n) is 2.03. The van der Waals surface area contributed by atoms with Crippen LogP contribution in [0.5, 0.6) is 0 Å². The molecule has 1 unspecified atom stereocenters. The van der Waals surface area contributed by atoms with Crippen molar-refractivity contribution in [3.8, 4) is 0 Å². The van der Waals surface area contributed by atoms with Gasteiger partial charge in [0.15, 0.2) is 0 Å². The Kier molecular flexibility index (Phi) is 4.31. The topological polar surface area (TPSA) is 0 Å². The summed E-state index contributed by atoms with van der Waals surface area (Å²) in [7, 11) is 0. The number of halogens is 2. The molecule has 2 aromatic carbocycles. The van der Waals surface area contributed by atoms with E-state index in [1.165, 1.54) is 16.7 Å². The highest BCUT2D eigenvalue weighted by Gasteiger charge is 2.11. The number of alkyl halides is 1. The lowest BCUT2D eigenvalue weighted by molar-refractivity contribution is 0.909. The van der Waals surface area contributed by atoms with Crippen LogP contribution in [0.4, 0.5) is 0 Å². The Morgan fingerprint density at radius 2 is 1.83 bits per heavy atom. The van der Waals surface area contributed by atoms with E-state index in [4.69, 9.17) is 23.2 Å². The normalized spacial score (nSPS) is 12.4. The van der Waals surface area contributed by atoms with E-state index in [0.29, 0.717) is 0 Å². The summed E-state index contributed by atoms with van der Waals surface area (Å²) < 4.78 is 0. The summed E-state index contributed by atoms with van der Waals surface area (Å²) in [6.45, 7) is 4.22. The molecule has 0 heterocycles. The molecule has 0 saturated heterocycles. The van der Waals surface area contributed by atoms with Crippen LogP contribution >= 0.6 is 23.2 Å². The van der Waals surface area contributed by atoms with Gasteiger partial charge in [0.1, 0.15) is 0 Å². The number of benzene rings is 2. The van der Waals surface area contributed by atoms with Gasteiger partial charge in [-0.05, 0) is 49.1 Å². The zero-order valence-corrected chi connectivity index (χ0v) is 12.1. The molecule has 0 nitrogen and oxygen atoms in total. The Balaban J connectivity index is 2.21. The van der Waals surface area contributed by atoms with Crippen molar-refractivity contribution in [3.63, 3.8) is 0 Å². The van der Waals surface area contributed by atoms with Crippen LogP contribution in [0.15, 0.2) is 42.5 Å². The second kappa shape index (κ2) is 5.77. The summed E-state index contributed by atoms with van der Waals surface area (Å²) in [5, 5.41) is 0.698. The van der Waals surface area contributed by atoms with Gasteiger partial charge in [0.2, 0.25) is 0 Å². The molecule has 0 aromatic heterocycles. The van der Waals surface area contributed by atoms with Crippen LogP contribution in [0.25, 0.3) is 0 Å². The van der Waals surface area contributed by atoms with Gasteiger partial charge in [0.05, 0.1) is 5.38 Å². The zero-order chi connectivity index (χ0) is 13.1. The maximum atomic E-state index is 6.48. The van der Waals surface area contributed by atoms with Crippen molar-refractivity contribution in [3.05, 3.63) is 69.7 Å². The molecule has 0 aliphatic rings. The SMILES string of the molecule is Cc1ccc(C)c(CC(Cl)c2cccc(Cl)c2)c1. The molecule has 0 fully saturated rings. The lowest BCUT2D eigenvalue weighted by atomic mass is 9.98. The van der Waals surface area contributed by atoms with Crippen LogP contribution in [0.1, 0.15) is 27.6 Å². The molecular weight excluding hydrogens is 263 g/mol. The van der Waals surface area contributed by atoms with Crippen molar-refractivity contribution in [1.82, 2.24) is 0 Å². The van der Waals surface area contributed by atoms with Crippen LogP contribution in [-0.4, -0.2) is 0 Å². The third-order valence-corrected chi connectivity index (χ3v) is 3.76. The Bertz CT molecular complexity index is 547. The van der Waals surface area contributed by atoms with Gasteiger partial charge in [-0.3, -0.25) is 0 Å². The van der Waals surface area contributed by atoms with Crippen LogP contribution in [0.2, 0.25) is 5.02 Å². The van der Waals surface area contributed by atoms with Gasteiger partial charge in [-0.1, -0.05) is 47.5 Å². The van der Waals surface area contributed by atoms with E-state index in [-0.39, 0.29) is 5.38 Å². The van der Waals surface area contributed by atoms with Crippen molar-refractivity contribution in [2.75, 3.05) is 0 Å². The quantitative estimate of drug-likeness (QED) is 0.653. The smallest absolute Gasteiger partial charge is 0.0626 e. The van der Waals surface area contributed by atoms with Gasteiger partial charge in [0, 0.05) is 5.02 Å². The third kappa shape index (κ3) is 3.28. The van der Waals surface area contributed by atoms with Crippen molar-refractivity contribution < 1.29 is 0 Å². The van der Waals surface area contributed by atoms with Crippen LogP contribution < -0.4 is 0 Å². The Labute approximate surface area is 119 Å². The van der Waals surface area contributed by atoms with Gasteiger partial charge in [-0.25, -0.2) is 0 Å². The average Bonchev–Trinajstić information content (AvgIpc) is 2.34. The summed E-state index contributed by atoms with van der Waals surface area (Å²) in [6.07, 6.45) is 0.829. The average molecular weight is 279 g/mol. The third-order valence-electron chi connectivity index (χ3n) is 3.11. The second-order valence-corrected chi connectivity index (χ2v) is 5.62. The van der Waals surface area contributed by atoms with Gasteiger partial charge in [0.25, 0.3) is 0 Å². The number of aryl methyl sites for hydroxylation is 2. The Morgan fingerprint density at radius 1 is 1.06 bits per heavy atom. The highest BCUT2D eigenvalue weighted by Crippen LogP contribution is 2.28. The first-order valence-corrected chi connectivity index (χ1v) is 6.83. The molecule has 0 radical (unpaired) electrons. The van der Waals surface area contributed by atoms with Gasteiger partial charge in [-0.2, -0.15) is 0 Å². The van der Waals surface area contributed by atoms with E-state index < -0.39 is 0 Å². The first-order valence-electron chi connectivity index (χ1n) is 6.02. The standard InChI is InChI=1S/C16H16Cl2/c1-11-6-7-12(2)14(8-11)10-16(18)13-4-3-5-15(17)9-13/h3-9,16H,10H2,1-2H3. The highest BCUT2D eigenvalue weighted by atomic mass is 35.5. The van der Waals surface area contributed by atoms with Gasteiger partial charge in [-0.15, -0.1) is 11.6 Å². The number of hydrogen-bond donors (Lipinski definition) is 0. The molecule has 1 atom stereocenters. The molecular formula is C16H16Cl2. The first kappa shape index (κ1) is 13.5. The molecule has 94 valence electrons. The van der Waals surface area contributed by atoms with Crippen molar-refractivity contribution in [1.29, 1.82) is 0 Å². The summed E-state index contributed by atoms with van der Waals surface area (Å²) >= 11 is 12.5. The van der Waals surface area contributed by atoms with Crippen LogP contribution in [0, 0.1) is 13.8 Å². The maximum Gasteiger partial charge on any atom is 0.0626 e. The largest absolute Gasteiger partial charge is 0.117 e. The van der Waals surface area contributed by atoms with E-state index in [1.54, 1.807) is 0 Å². The minimum Gasteiger partial charge on any atom is -0.117 e. The molecule has 18 heavy (non-hydrogen) atoms. The van der Waals surface area contributed by atoms with E-state index in [1.807, 2.05) is 24.3 Å². The van der Waals surface area contributed by atoms with E-state index >= 15 is 0 Å². The molecule has 2 heteroatoms. The molecule has 2 aromatic rings. The molecule has 0 amide bonds. The van der Waals surface area contributed by atoms with E-state index in [0.717, 1.165) is 17.0 Å². The summed E-state index contributed by atoms with van der Waals surface area (Å²) in [6, 6.07) is 14.2. The lowest BCUT2D eigenvalue weighted by Gasteiger charge is -2.13. The predicted molar refractivity (Wildman–Crippen MR) is 79.7 cm³/mol. The maximum absolute atomic E-state index is 6.48. The fourth-order valence-corrected chi connectivity index (χ4v) is 2.53.